The number of hydrogen-bond acceptors (Lipinski definition) is 5. The van der Waals surface area contributed by atoms with Crippen molar-refractivity contribution in [2.24, 2.45) is 0 Å². The first-order valence-electron chi connectivity index (χ1n) is 8.29. The van der Waals surface area contributed by atoms with Gasteiger partial charge >= 0.3 is 0 Å². The Kier molecular flexibility index (Phi) is 6.28. The highest BCUT2D eigenvalue weighted by Gasteiger charge is 2.26. The highest BCUT2D eigenvalue weighted by Crippen LogP contribution is 2.22. The van der Waals surface area contributed by atoms with E-state index in [2.05, 4.69) is 4.90 Å². The highest BCUT2D eigenvalue weighted by molar-refractivity contribution is 5.95. The summed E-state index contributed by atoms with van der Waals surface area (Å²) in [5.41, 5.74) is 0.916. The molecule has 0 unspecified atom stereocenters. The highest BCUT2D eigenvalue weighted by atomic mass is 16.6. The summed E-state index contributed by atoms with van der Waals surface area (Å²) in [5.74, 6) is -0.144. The van der Waals surface area contributed by atoms with Crippen LogP contribution in [0.3, 0.4) is 0 Å². The van der Waals surface area contributed by atoms with Crippen molar-refractivity contribution < 1.29 is 14.8 Å². The SMILES string of the molecule is Cc1ccc(C(=O)N2CCC(N(C)CCCO)CC2)cc1[N+](=O)[O-]. The van der Waals surface area contributed by atoms with Crippen LogP contribution in [0.4, 0.5) is 5.69 Å². The van der Waals surface area contributed by atoms with Gasteiger partial charge in [-0.2, -0.15) is 0 Å². The Bertz CT molecular complexity index is 597. The Labute approximate surface area is 142 Å². The summed E-state index contributed by atoms with van der Waals surface area (Å²) >= 11 is 0. The molecule has 1 aromatic carbocycles. The number of aliphatic hydroxyl groups is 1. The monoisotopic (exact) mass is 335 g/mol. The lowest BCUT2D eigenvalue weighted by molar-refractivity contribution is -0.385. The summed E-state index contributed by atoms with van der Waals surface area (Å²) in [6, 6.07) is 5.06. The minimum Gasteiger partial charge on any atom is -0.396 e. The number of aryl methyl sites for hydroxylation is 1. The standard InChI is InChI=1S/C17H25N3O4/c1-13-4-5-14(12-16(13)20(23)24)17(22)19-9-6-15(7-10-19)18(2)8-3-11-21/h4-5,12,15,21H,3,6-11H2,1-2H3. The van der Waals surface area contributed by atoms with Crippen molar-refractivity contribution in [2.45, 2.75) is 32.2 Å². The molecule has 1 fully saturated rings. The lowest BCUT2D eigenvalue weighted by Crippen LogP contribution is -2.45. The van der Waals surface area contributed by atoms with E-state index in [9.17, 15) is 14.9 Å². The molecule has 2 rings (SSSR count). The molecule has 24 heavy (non-hydrogen) atoms. The molecule has 1 aliphatic heterocycles. The third-order valence-corrected chi connectivity index (χ3v) is 4.70. The molecule has 0 radical (unpaired) electrons. The molecule has 0 bridgehead atoms. The molecular weight excluding hydrogens is 310 g/mol. The number of amides is 1. The van der Waals surface area contributed by atoms with Crippen LogP contribution in [0.2, 0.25) is 0 Å². The van der Waals surface area contributed by atoms with E-state index in [1.807, 2.05) is 7.05 Å². The summed E-state index contributed by atoms with van der Waals surface area (Å²) in [6.45, 7) is 4.00. The molecule has 0 atom stereocenters. The fraction of sp³-hybridized carbons (Fsp3) is 0.588. The first-order valence-corrected chi connectivity index (χ1v) is 8.29. The smallest absolute Gasteiger partial charge is 0.273 e. The van der Waals surface area contributed by atoms with Crippen molar-refractivity contribution in [1.29, 1.82) is 0 Å². The van der Waals surface area contributed by atoms with E-state index in [4.69, 9.17) is 5.11 Å². The zero-order valence-electron chi connectivity index (χ0n) is 14.3. The van der Waals surface area contributed by atoms with Gasteiger partial charge in [0.05, 0.1) is 4.92 Å². The van der Waals surface area contributed by atoms with E-state index < -0.39 is 4.92 Å². The second-order valence-electron chi connectivity index (χ2n) is 6.34. The molecule has 0 spiro atoms. The number of nitro benzene ring substituents is 1. The number of carbonyl (C=O) groups is 1. The average molecular weight is 335 g/mol. The maximum atomic E-state index is 12.6. The van der Waals surface area contributed by atoms with E-state index in [1.165, 1.54) is 6.07 Å². The van der Waals surface area contributed by atoms with Crippen LogP contribution in [0, 0.1) is 17.0 Å². The summed E-state index contributed by atoms with van der Waals surface area (Å²) < 4.78 is 0. The Morgan fingerprint density at radius 3 is 2.67 bits per heavy atom. The number of hydrogen-bond donors (Lipinski definition) is 1. The average Bonchev–Trinajstić information content (AvgIpc) is 2.59. The third-order valence-electron chi connectivity index (χ3n) is 4.70. The van der Waals surface area contributed by atoms with E-state index in [-0.39, 0.29) is 18.2 Å². The van der Waals surface area contributed by atoms with Crippen molar-refractivity contribution >= 4 is 11.6 Å². The van der Waals surface area contributed by atoms with Crippen LogP contribution in [0.5, 0.6) is 0 Å². The van der Waals surface area contributed by atoms with Crippen molar-refractivity contribution in [2.75, 3.05) is 33.3 Å². The molecule has 1 saturated heterocycles. The molecular formula is C17H25N3O4. The van der Waals surface area contributed by atoms with Gasteiger partial charge in [-0.15, -0.1) is 0 Å². The molecule has 7 nitrogen and oxygen atoms in total. The Morgan fingerprint density at radius 2 is 2.08 bits per heavy atom. The number of nitro groups is 1. The first kappa shape index (κ1) is 18.4. The summed E-state index contributed by atoms with van der Waals surface area (Å²) in [6.07, 6.45) is 2.51. The molecule has 1 amide bonds. The Hall–Kier alpha value is -1.99. The van der Waals surface area contributed by atoms with Gasteiger partial charge in [-0.05, 0) is 39.3 Å². The summed E-state index contributed by atoms with van der Waals surface area (Å²) in [4.78, 5) is 27.2. The van der Waals surface area contributed by atoms with Gasteiger partial charge in [-0.1, -0.05) is 6.07 Å². The fourth-order valence-corrected chi connectivity index (χ4v) is 3.13. The third kappa shape index (κ3) is 4.30. The van der Waals surface area contributed by atoms with E-state index in [0.717, 1.165) is 25.8 Å². The Morgan fingerprint density at radius 1 is 1.42 bits per heavy atom. The summed E-state index contributed by atoms with van der Waals surface area (Å²) in [7, 11) is 2.04. The predicted octanol–water partition coefficient (Wildman–Crippen LogP) is 1.82. The topological polar surface area (TPSA) is 86.9 Å². The first-order chi connectivity index (χ1) is 11.4. The molecule has 0 saturated carbocycles. The molecule has 1 aromatic rings. The quantitative estimate of drug-likeness (QED) is 0.633. The van der Waals surface area contributed by atoms with Crippen LogP contribution < -0.4 is 0 Å². The number of piperidine rings is 1. The lowest BCUT2D eigenvalue weighted by Gasteiger charge is -2.36. The van der Waals surface area contributed by atoms with Crippen LogP contribution in [-0.2, 0) is 0 Å². The maximum absolute atomic E-state index is 12.6. The van der Waals surface area contributed by atoms with Crippen molar-refractivity contribution in [3.8, 4) is 0 Å². The van der Waals surface area contributed by atoms with Gasteiger partial charge in [-0.3, -0.25) is 14.9 Å². The Balaban J connectivity index is 1.98. The minimum absolute atomic E-state index is 0.0144. The van der Waals surface area contributed by atoms with Crippen LogP contribution >= 0.6 is 0 Å². The molecule has 0 aromatic heterocycles. The van der Waals surface area contributed by atoms with Crippen LogP contribution in [0.15, 0.2) is 18.2 Å². The second-order valence-corrected chi connectivity index (χ2v) is 6.34. The lowest BCUT2D eigenvalue weighted by atomic mass is 10.0. The van der Waals surface area contributed by atoms with Crippen molar-refractivity contribution in [3.63, 3.8) is 0 Å². The van der Waals surface area contributed by atoms with Crippen molar-refractivity contribution in [3.05, 3.63) is 39.4 Å². The predicted molar refractivity (Wildman–Crippen MR) is 91.1 cm³/mol. The van der Waals surface area contributed by atoms with Crippen LogP contribution in [-0.4, -0.2) is 65.1 Å². The number of nitrogens with zero attached hydrogens (tertiary/aromatic N) is 3. The zero-order chi connectivity index (χ0) is 17.7. The zero-order valence-corrected chi connectivity index (χ0v) is 14.3. The number of benzene rings is 1. The molecule has 1 N–H and O–H groups in total. The van der Waals surface area contributed by atoms with Crippen LogP contribution in [0.25, 0.3) is 0 Å². The number of carbonyl (C=O) groups excluding carboxylic acids is 1. The van der Waals surface area contributed by atoms with Gasteiger partial charge in [-0.25, -0.2) is 0 Å². The number of rotatable bonds is 6. The van der Waals surface area contributed by atoms with Crippen LogP contribution in [0.1, 0.15) is 35.2 Å². The fourth-order valence-electron chi connectivity index (χ4n) is 3.13. The van der Waals surface area contributed by atoms with Gasteiger partial charge in [0.1, 0.15) is 0 Å². The van der Waals surface area contributed by atoms with E-state index >= 15 is 0 Å². The summed E-state index contributed by atoms with van der Waals surface area (Å²) in [5, 5.41) is 19.9. The van der Waals surface area contributed by atoms with E-state index in [1.54, 1.807) is 24.0 Å². The number of aliphatic hydroxyl groups excluding tert-OH is 1. The van der Waals surface area contributed by atoms with Gasteiger partial charge in [0.15, 0.2) is 0 Å². The van der Waals surface area contributed by atoms with Crippen molar-refractivity contribution in [1.82, 2.24) is 9.80 Å². The maximum Gasteiger partial charge on any atom is 0.273 e. The molecule has 1 heterocycles. The van der Waals surface area contributed by atoms with Gasteiger partial charge in [0.25, 0.3) is 11.6 Å². The van der Waals surface area contributed by atoms with E-state index in [0.29, 0.717) is 30.3 Å². The molecule has 1 aliphatic rings. The second kappa shape index (κ2) is 8.21. The molecule has 132 valence electrons. The normalized spacial score (nSPS) is 15.8. The number of likely N-dealkylation sites (tertiary alicyclic amines) is 1. The van der Waals surface area contributed by atoms with Gasteiger partial charge in [0, 0.05) is 49.5 Å². The largest absolute Gasteiger partial charge is 0.396 e. The van der Waals surface area contributed by atoms with Gasteiger partial charge < -0.3 is 14.9 Å². The minimum atomic E-state index is -0.450. The molecule has 7 heteroatoms. The van der Waals surface area contributed by atoms with Gasteiger partial charge in [0.2, 0.25) is 0 Å². The molecule has 0 aliphatic carbocycles.